The second kappa shape index (κ2) is 8.57. The second-order valence-corrected chi connectivity index (χ2v) is 5.68. The Hall–Kier alpha value is -2.24. The molecule has 2 rings (SSSR count). The predicted molar refractivity (Wildman–Crippen MR) is 94.1 cm³/mol. The summed E-state index contributed by atoms with van der Waals surface area (Å²) in [6.07, 6.45) is 0. The Morgan fingerprint density at radius 3 is 1.96 bits per heavy atom. The molecule has 126 valence electrons. The number of ether oxygens (including phenoxy) is 1. The van der Waals surface area contributed by atoms with Crippen LogP contribution in [0.15, 0.2) is 42.5 Å². The van der Waals surface area contributed by atoms with E-state index in [-0.39, 0.29) is 11.8 Å². The van der Waals surface area contributed by atoms with Gasteiger partial charge in [-0.05, 0) is 42.5 Å². The van der Waals surface area contributed by atoms with Crippen molar-refractivity contribution >= 4 is 35.0 Å². The van der Waals surface area contributed by atoms with Crippen LogP contribution in [0.3, 0.4) is 0 Å². The van der Waals surface area contributed by atoms with Crippen LogP contribution in [0, 0.1) is 0 Å². The maximum atomic E-state index is 12.0. The summed E-state index contributed by atoms with van der Waals surface area (Å²) in [6.45, 7) is 0.596. The van der Waals surface area contributed by atoms with Crippen LogP contribution in [0.1, 0.15) is 20.7 Å². The van der Waals surface area contributed by atoms with Crippen molar-refractivity contribution in [3.05, 3.63) is 63.6 Å². The molecule has 5 nitrogen and oxygen atoms in total. The van der Waals surface area contributed by atoms with Gasteiger partial charge in [0.05, 0.1) is 17.2 Å². The second-order valence-electron chi connectivity index (χ2n) is 4.87. The molecule has 24 heavy (non-hydrogen) atoms. The van der Waals surface area contributed by atoms with Gasteiger partial charge in [-0.25, -0.2) is 0 Å². The number of halogens is 2. The molecule has 0 aliphatic rings. The molecule has 2 amide bonds. The van der Waals surface area contributed by atoms with E-state index in [1.807, 2.05) is 0 Å². The highest BCUT2D eigenvalue weighted by atomic mass is 35.5. The Morgan fingerprint density at radius 2 is 1.42 bits per heavy atom. The van der Waals surface area contributed by atoms with Crippen LogP contribution in [-0.4, -0.2) is 32.0 Å². The first-order valence-electron chi connectivity index (χ1n) is 7.17. The number of nitrogens with one attached hydrogen (secondary N) is 2. The number of amides is 2. The van der Waals surface area contributed by atoms with Gasteiger partial charge in [-0.2, -0.15) is 0 Å². The fourth-order valence-corrected chi connectivity index (χ4v) is 2.23. The van der Waals surface area contributed by atoms with Crippen molar-refractivity contribution in [3.8, 4) is 5.75 Å². The zero-order valence-electron chi connectivity index (χ0n) is 12.9. The molecular weight excluding hydrogens is 351 g/mol. The molecular formula is C17H16Cl2N2O3. The average molecular weight is 367 g/mol. The number of rotatable bonds is 6. The monoisotopic (exact) mass is 366 g/mol. The Morgan fingerprint density at radius 1 is 0.875 bits per heavy atom. The lowest BCUT2D eigenvalue weighted by Gasteiger charge is -2.08. The van der Waals surface area contributed by atoms with E-state index < -0.39 is 0 Å². The van der Waals surface area contributed by atoms with E-state index in [4.69, 9.17) is 27.9 Å². The molecule has 7 heteroatoms. The van der Waals surface area contributed by atoms with Gasteiger partial charge in [0.1, 0.15) is 5.75 Å². The van der Waals surface area contributed by atoms with Gasteiger partial charge in [0.15, 0.2) is 0 Å². The van der Waals surface area contributed by atoms with Crippen LogP contribution >= 0.6 is 23.2 Å². The molecule has 0 aliphatic heterocycles. The molecule has 2 aromatic carbocycles. The summed E-state index contributed by atoms with van der Waals surface area (Å²) in [5.74, 6) is 0.175. The third kappa shape index (κ3) is 4.88. The number of hydrogen-bond donors (Lipinski definition) is 2. The van der Waals surface area contributed by atoms with E-state index in [1.165, 1.54) is 6.07 Å². The van der Waals surface area contributed by atoms with E-state index in [2.05, 4.69) is 10.6 Å². The van der Waals surface area contributed by atoms with Crippen LogP contribution in [0.25, 0.3) is 0 Å². The summed E-state index contributed by atoms with van der Waals surface area (Å²) >= 11 is 11.7. The zero-order chi connectivity index (χ0) is 17.5. The van der Waals surface area contributed by atoms with Gasteiger partial charge >= 0.3 is 0 Å². The fraction of sp³-hybridized carbons (Fsp3) is 0.176. The van der Waals surface area contributed by atoms with E-state index >= 15 is 0 Å². The predicted octanol–water partition coefficient (Wildman–Crippen LogP) is 3.16. The number of carbonyl (C=O) groups excluding carboxylic acids is 2. The first-order valence-corrected chi connectivity index (χ1v) is 7.92. The Labute approximate surface area is 149 Å². The molecule has 0 radical (unpaired) electrons. The molecule has 0 aromatic heterocycles. The van der Waals surface area contributed by atoms with E-state index in [0.717, 1.165) is 0 Å². The molecule has 0 aliphatic carbocycles. The first-order chi connectivity index (χ1) is 11.5. The highest BCUT2D eigenvalue weighted by molar-refractivity contribution is 6.42. The number of benzene rings is 2. The van der Waals surface area contributed by atoms with Crippen LogP contribution in [0.4, 0.5) is 0 Å². The normalized spacial score (nSPS) is 10.1. The molecule has 0 unspecified atom stereocenters. The van der Waals surface area contributed by atoms with Crippen molar-refractivity contribution in [1.82, 2.24) is 10.6 Å². The largest absolute Gasteiger partial charge is 0.497 e. The van der Waals surface area contributed by atoms with Crippen molar-refractivity contribution in [1.29, 1.82) is 0 Å². The van der Waals surface area contributed by atoms with Gasteiger partial charge in [-0.3, -0.25) is 9.59 Å². The number of hydrogen-bond acceptors (Lipinski definition) is 3. The third-order valence-corrected chi connectivity index (χ3v) is 3.97. The van der Waals surface area contributed by atoms with E-state index in [9.17, 15) is 9.59 Å². The van der Waals surface area contributed by atoms with Gasteiger partial charge in [0.25, 0.3) is 11.8 Å². The van der Waals surface area contributed by atoms with Crippen LogP contribution in [0.2, 0.25) is 10.0 Å². The first kappa shape index (κ1) is 18.1. The maximum Gasteiger partial charge on any atom is 0.251 e. The molecule has 0 saturated carbocycles. The van der Waals surface area contributed by atoms with Crippen LogP contribution in [0.5, 0.6) is 5.75 Å². The lowest BCUT2D eigenvalue weighted by molar-refractivity contribution is 0.0927. The molecule has 0 fully saturated rings. The topological polar surface area (TPSA) is 67.4 Å². The van der Waals surface area contributed by atoms with Crippen molar-refractivity contribution in [2.24, 2.45) is 0 Å². The SMILES string of the molecule is COc1ccc(C(=O)NCCNC(=O)c2ccc(Cl)c(Cl)c2)cc1. The summed E-state index contributed by atoms with van der Waals surface area (Å²) < 4.78 is 5.03. The standard InChI is InChI=1S/C17H16Cl2N2O3/c1-24-13-5-2-11(3-6-13)16(22)20-8-9-21-17(23)12-4-7-14(18)15(19)10-12/h2-7,10H,8-9H2,1H3,(H,20,22)(H,21,23). The van der Waals surface area contributed by atoms with Gasteiger partial charge in [-0.15, -0.1) is 0 Å². The number of methoxy groups -OCH3 is 1. The van der Waals surface area contributed by atoms with Crippen LogP contribution < -0.4 is 15.4 Å². The average Bonchev–Trinajstić information content (AvgIpc) is 2.60. The van der Waals surface area contributed by atoms with Gasteiger partial charge in [0.2, 0.25) is 0 Å². The van der Waals surface area contributed by atoms with Gasteiger partial charge < -0.3 is 15.4 Å². The van der Waals surface area contributed by atoms with E-state index in [0.29, 0.717) is 40.0 Å². The summed E-state index contributed by atoms with van der Waals surface area (Å²) in [4.78, 5) is 23.9. The zero-order valence-corrected chi connectivity index (χ0v) is 14.4. The smallest absolute Gasteiger partial charge is 0.251 e. The highest BCUT2D eigenvalue weighted by Crippen LogP contribution is 2.22. The molecule has 0 saturated heterocycles. The molecule has 2 aromatic rings. The fourth-order valence-electron chi connectivity index (χ4n) is 1.94. The maximum absolute atomic E-state index is 12.0. The van der Waals surface area contributed by atoms with Crippen molar-refractivity contribution < 1.29 is 14.3 Å². The summed E-state index contributed by atoms with van der Waals surface area (Å²) in [5, 5.41) is 6.12. The molecule has 2 N–H and O–H groups in total. The molecule has 0 spiro atoms. The van der Waals surface area contributed by atoms with Crippen molar-refractivity contribution in [2.75, 3.05) is 20.2 Å². The Kier molecular flexibility index (Phi) is 6.46. The summed E-state index contributed by atoms with van der Waals surface area (Å²) in [7, 11) is 1.56. The quantitative estimate of drug-likeness (QED) is 0.771. The van der Waals surface area contributed by atoms with Crippen molar-refractivity contribution in [2.45, 2.75) is 0 Å². The van der Waals surface area contributed by atoms with Gasteiger partial charge in [0, 0.05) is 24.2 Å². The Balaban J connectivity index is 1.78. The van der Waals surface area contributed by atoms with Gasteiger partial charge in [-0.1, -0.05) is 23.2 Å². The van der Waals surface area contributed by atoms with Crippen molar-refractivity contribution in [3.63, 3.8) is 0 Å². The Bertz CT molecular complexity index is 733. The summed E-state index contributed by atoms with van der Waals surface area (Å²) in [6, 6.07) is 11.4. The van der Waals surface area contributed by atoms with Crippen LogP contribution in [-0.2, 0) is 0 Å². The molecule has 0 bridgehead atoms. The highest BCUT2D eigenvalue weighted by Gasteiger charge is 2.08. The minimum absolute atomic E-state index is 0.221. The lowest BCUT2D eigenvalue weighted by Crippen LogP contribution is -2.34. The minimum atomic E-state index is -0.285. The third-order valence-electron chi connectivity index (χ3n) is 3.23. The van der Waals surface area contributed by atoms with E-state index in [1.54, 1.807) is 43.5 Å². The summed E-state index contributed by atoms with van der Waals surface area (Å²) in [5.41, 5.74) is 0.928. The molecule has 0 heterocycles. The molecule has 0 atom stereocenters. The number of carbonyl (C=O) groups is 2. The lowest BCUT2D eigenvalue weighted by atomic mass is 10.2. The minimum Gasteiger partial charge on any atom is -0.497 e.